The molecule has 2 heterocycles. The van der Waals surface area contributed by atoms with Gasteiger partial charge in [0.05, 0.1) is 5.69 Å². The first kappa shape index (κ1) is 17.7. The van der Waals surface area contributed by atoms with E-state index in [2.05, 4.69) is 15.9 Å². The molecule has 2 aromatic heterocycles. The van der Waals surface area contributed by atoms with Gasteiger partial charge in [-0.15, -0.1) is 0 Å². The number of fused-ring (bicyclic) bond motifs is 1. The van der Waals surface area contributed by atoms with Crippen LogP contribution >= 0.6 is 15.9 Å². The summed E-state index contributed by atoms with van der Waals surface area (Å²) in [6.45, 7) is 7.31. The largest absolute Gasteiger partial charge is 0.333 e. The minimum atomic E-state index is 0.0215. The lowest BCUT2D eigenvalue weighted by atomic mass is 10.2. The monoisotopic (exact) mass is 399 g/mol. The number of hydrogen-bond acceptors (Lipinski definition) is 2. The maximum atomic E-state index is 13.3. The Morgan fingerprint density at radius 2 is 1.96 bits per heavy atom. The summed E-state index contributed by atoms with van der Waals surface area (Å²) in [5.41, 5.74) is 4.53. The van der Waals surface area contributed by atoms with E-state index >= 15 is 0 Å². The van der Waals surface area contributed by atoms with Gasteiger partial charge in [0.15, 0.2) is 0 Å². The fourth-order valence-corrected chi connectivity index (χ4v) is 3.62. The first-order valence-electron chi connectivity index (χ1n) is 8.55. The Balaban J connectivity index is 2.05. The highest BCUT2D eigenvalue weighted by atomic mass is 79.9. The number of carbonyl (C=O) groups excluding carboxylic acids is 1. The van der Waals surface area contributed by atoms with Crippen LogP contribution in [-0.2, 0) is 13.0 Å². The number of rotatable bonds is 5. The minimum absolute atomic E-state index is 0.0215. The van der Waals surface area contributed by atoms with Gasteiger partial charge in [-0.3, -0.25) is 9.20 Å². The van der Waals surface area contributed by atoms with Crippen LogP contribution in [0.25, 0.3) is 5.65 Å². The molecule has 1 aromatic carbocycles. The van der Waals surface area contributed by atoms with Gasteiger partial charge in [-0.2, -0.15) is 0 Å². The molecule has 0 saturated heterocycles. The first-order chi connectivity index (χ1) is 12.0. The van der Waals surface area contributed by atoms with Crippen molar-refractivity contribution in [2.45, 2.75) is 33.7 Å². The Bertz CT molecular complexity index is 902. The summed E-state index contributed by atoms with van der Waals surface area (Å²) in [5, 5.41) is 0. The third-order valence-electron chi connectivity index (χ3n) is 4.37. The predicted octanol–water partition coefficient (Wildman–Crippen LogP) is 4.63. The highest BCUT2D eigenvalue weighted by Gasteiger charge is 2.23. The molecule has 5 heteroatoms. The van der Waals surface area contributed by atoms with Crippen LogP contribution in [0.4, 0.5) is 0 Å². The molecule has 25 heavy (non-hydrogen) atoms. The fourth-order valence-electron chi connectivity index (χ4n) is 3.07. The van der Waals surface area contributed by atoms with Crippen LogP contribution in [0.1, 0.15) is 41.2 Å². The van der Waals surface area contributed by atoms with Crippen LogP contribution in [0, 0.1) is 6.92 Å². The van der Waals surface area contributed by atoms with Gasteiger partial charge in [0.25, 0.3) is 5.91 Å². The Morgan fingerprint density at radius 1 is 1.24 bits per heavy atom. The van der Waals surface area contributed by atoms with Crippen LogP contribution in [0.3, 0.4) is 0 Å². The Kier molecular flexibility index (Phi) is 5.23. The van der Waals surface area contributed by atoms with Gasteiger partial charge in [0.2, 0.25) is 0 Å². The number of aromatic nitrogens is 2. The number of halogens is 1. The van der Waals surface area contributed by atoms with Crippen LogP contribution < -0.4 is 0 Å². The molecule has 3 aromatic rings. The van der Waals surface area contributed by atoms with Gasteiger partial charge in [0.1, 0.15) is 11.3 Å². The van der Waals surface area contributed by atoms with E-state index in [1.807, 2.05) is 72.7 Å². The van der Waals surface area contributed by atoms with Gasteiger partial charge >= 0.3 is 0 Å². The van der Waals surface area contributed by atoms with Crippen molar-refractivity contribution in [1.29, 1.82) is 0 Å². The molecule has 0 N–H and O–H groups in total. The second kappa shape index (κ2) is 7.40. The molecule has 0 aliphatic rings. The summed E-state index contributed by atoms with van der Waals surface area (Å²) in [7, 11) is 0. The highest BCUT2D eigenvalue weighted by Crippen LogP contribution is 2.23. The second-order valence-corrected chi connectivity index (χ2v) is 7.02. The molecule has 1 amide bonds. The van der Waals surface area contributed by atoms with E-state index in [-0.39, 0.29) is 5.91 Å². The van der Waals surface area contributed by atoms with E-state index in [0.29, 0.717) is 18.8 Å². The number of nitrogens with zero attached hydrogens (tertiary/aromatic N) is 3. The van der Waals surface area contributed by atoms with Crippen molar-refractivity contribution in [2.75, 3.05) is 6.54 Å². The number of pyridine rings is 1. The summed E-state index contributed by atoms with van der Waals surface area (Å²) in [5.74, 6) is 0.0215. The Hall–Kier alpha value is -2.14. The molecule has 0 fully saturated rings. The van der Waals surface area contributed by atoms with Crippen molar-refractivity contribution in [2.24, 2.45) is 0 Å². The average Bonchev–Trinajstić information content (AvgIpc) is 2.98. The summed E-state index contributed by atoms with van der Waals surface area (Å²) >= 11 is 3.53. The van der Waals surface area contributed by atoms with Crippen LogP contribution in [0.5, 0.6) is 0 Å². The topological polar surface area (TPSA) is 37.6 Å². The molecule has 0 aliphatic carbocycles. The number of aryl methyl sites for hydroxylation is 2. The molecule has 0 saturated carbocycles. The van der Waals surface area contributed by atoms with Gasteiger partial charge in [-0.25, -0.2) is 4.98 Å². The van der Waals surface area contributed by atoms with Crippen molar-refractivity contribution in [3.05, 3.63) is 69.6 Å². The average molecular weight is 400 g/mol. The summed E-state index contributed by atoms with van der Waals surface area (Å²) < 4.78 is 2.87. The molecule has 0 aliphatic heterocycles. The highest BCUT2D eigenvalue weighted by molar-refractivity contribution is 9.10. The van der Waals surface area contributed by atoms with Gasteiger partial charge in [-0.1, -0.05) is 37.3 Å². The van der Waals surface area contributed by atoms with Crippen molar-refractivity contribution < 1.29 is 4.79 Å². The molecule has 0 radical (unpaired) electrons. The van der Waals surface area contributed by atoms with Gasteiger partial charge in [-0.05, 0) is 53.4 Å². The SMILES string of the molecule is CCc1nc2c(C)cc(Br)cn2c1C(=O)N(CC)Cc1ccccc1. The molecule has 0 bridgehead atoms. The summed E-state index contributed by atoms with van der Waals surface area (Å²) in [4.78, 5) is 19.9. The lowest BCUT2D eigenvalue weighted by molar-refractivity contribution is 0.0744. The fraction of sp³-hybridized carbons (Fsp3) is 0.300. The van der Waals surface area contributed by atoms with Crippen LogP contribution in [0.2, 0.25) is 0 Å². The molecule has 130 valence electrons. The number of hydrogen-bond donors (Lipinski definition) is 0. The van der Waals surface area contributed by atoms with Crippen molar-refractivity contribution in [1.82, 2.24) is 14.3 Å². The van der Waals surface area contributed by atoms with Crippen LogP contribution in [-0.4, -0.2) is 26.7 Å². The zero-order chi connectivity index (χ0) is 18.0. The smallest absolute Gasteiger partial charge is 0.273 e. The standard InChI is InChI=1S/C20H22BrN3O/c1-4-17-18(24-13-16(21)11-14(3)19(24)22-17)20(25)23(5-2)12-15-9-7-6-8-10-15/h6-11,13H,4-5,12H2,1-3H3. The van der Waals surface area contributed by atoms with Crippen molar-refractivity contribution >= 4 is 27.5 Å². The lowest BCUT2D eigenvalue weighted by Crippen LogP contribution is -2.32. The Labute approximate surface area is 156 Å². The van der Waals surface area contributed by atoms with Gasteiger partial charge in [0, 0.05) is 23.8 Å². The molecule has 0 atom stereocenters. The molecule has 4 nitrogen and oxygen atoms in total. The molecule has 3 rings (SSSR count). The number of imidazole rings is 1. The molecular formula is C20H22BrN3O. The molecule has 0 spiro atoms. The van der Waals surface area contributed by atoms with E-state index in [1.165, 1.54) is 0 Å². The van der Waals surface area contributed by atoms with Gasteiger partial charge < -0.3 is 4.90 Å². The maximum absolute atomic E-state index is 13.3. The minimum Gasteiger partial charge on any atom is -0.333 e. The summed E-state index contributed by atoms with van der Waals surface area (Å²) in [6, 6.07) is 12.1. The third kappa shape index (κ3) is 3.47. The molecular weight excluding hydrogens is 378 g/mol. The maximum Gasteiger partial charge on any atom is 0.273 e. The number of carbonyl (C=O) groups is 1. The third-order valence-corrected chi connectivity index (χ3v) is 4.80. The van der Waals surface area contributed by atoms with E-state index < -0.39 is 0 Å². The number of amides is 1. The quantitative estimate of drug-likeness (QED) is 0.626. The Morgan fingerprint density at radius 3 is 2.60 bits per heavy atom. The second-order valence-electron chi connectivity index (χ2n) is 6.10. The molecule has 0 unspecified atom stereocenters. The number of benzene rings is 1. The first-order valence-corrected chi connectivity index (χ1v) is 9.34. The van der Waals surface area contributed by atoms with Crippen molar-refractivity contribution in [3.63, 3.8) is 0 Å². The summed E-state index contributed by atoms with van der Waals surface area (Å²) in [6.07, 6.45) is 2.65. The normalized spacial score (nSPS) is 11.0. The van der Waals surface area contributed by atoms with E-state index in [9.17, 15) is 4.79 Å². The van der Waals surface area contributed by atoms with Crippen LogP contribution in [0.15, 0.2) is 47.1 Å². The van der Waals surface area contributed by atoms with E-state index in [1.54, 1.807) is 0 Å². The predicted molar refractivity (Wildman–Crippen MR) is 104 cm³/mol. The zero-order valence-corrected chi connectivity index (χ0v) is 16.4. The van der Waals surface area contributed by atoms with E-state index in [4.69, 9.17) is 4.98 Å². The zero-order valence-electron chi connectivity index (χ0n) is 14.8. The van der Waals surface area contributed by atoms with Crippen molar-refractivity contribution in [3.8, 4) is 0 Å². The lowest BCUT2D eigenvalue weighted by Gasteiger charge is -2.21. The van der Waals surface area contributed by atoms with E-state index in [0.717, 1.165) is 33.4 Å².